The summed E-state index contributed by atoms with van der Waals surface area (Å²) in [5.74, 6) is 0.389. The first kappa shape index (κ1) is 8.76. The predicted octanol–water partition coefficient (Wildman–Crippen LogP) is 1.53. The molecule has 0 bridgehead atoms. The molecule has 1 aliphatic rings. The van der Waals surface area contributed by atoms with Gasteiger partial charge in [-0.15, -0.1) is 12.4 Å². The summed E-state index contributed by atoms with van der Waals surface area (Å²) in [7, 11) is 0. The highest BCUT2D eigenvalue weighted by Crippen LogP contribution is 2.48. The van der Waals surface area contributed by atoms with Crippen LogP contribution in [0.1, 0.15) is 26.2 Å². The molecule has 9 heavy (non-hydrogen) atoms. The number of hydrogen-bond acceptors (Lipinski definition) is 1. The first-order valence-corrected chi connectivity index (χ1v) is 3.06. The van der Waals surface area contributed by atoms with Gasteiger partial charge in [0.25, 0.3) is 0 Å². The molecule has 0 heterocycles. The van der Waals surface area contributed by atoms with Crippen LogP contribution in [0.25, 0.3) is 0 Å². The molecule has 1 aliphatic carbocycles. The molecule has 0 aromatic rings. The van der Waals surface area contributed by atoms with Crippen molar-refractivity contribution in [3.8, 4) is 0 Å². The molecule has 0 unspecified atom stereocenters. The summed E-state index contributed by atoms with van der Waals surface area (Å²) in [5, 5.41) is 7.14. The second kappa shape index (κ2) is 2.56. The summed E-state index contributed by atoms with van der Waals surface area (Å²) in [6.07, 6.45) is 3.32. The van der Waals surface area contributed by atoms with Gasteiger partial charge in [0.2, 0.25) is 0 Å². The quantitative estimate of drug-likeness (QED) is 0.453. The van der Waals surface area contributed by atoms with Crippen LogP contribution in [0.4, 0.5) is 0 Å². The Balaban J connectivity index is 0.000000640. The number of nitrogens with one attached hydrogen (secondary N) is 1. The van der Waals surface area contributed by atoms with E-state index in [4.69, 9.17) is 11.1 Å². The zero-order valence-electron chi connectivity index (χ0n) is 5.61. The number of rotatable bonds is 2. The SMILES string of the molecule is CCC1(C(=N)N)CC1.Cl. The lowest BCUT2D eigenvalue weighted by molar-refractivity contribution is 0.658. The maximum absolute atomic E-state index is 7.14. The van der Waals surface area contributed by atoms with E-state index in [9.17, 15) is 0 Å². The van der Waals surface area contributed by atoms with Gasteiger partial charge in [-0.2, -0.15) is 0 Å². The van der Waals surface area contributed by atoms with E-state index in [1.165, 1.54) is 0 Å². The highest BCUT2D eigenvalue weighted by atomic mass is 35.5. The molecule has 0 spiro atoms. The Labute approximate surface area is 61.7 Å². The number of nitrogens with two attached hydrogens (primary N) is 1. The van der Waals surface area contributed by atoms with Crippen molar-refractivity contribution in [3.05, 3.63) is 0 Å². The van der Waals surface area contributed by atoms with Crippen LogP contribution in [0.5, 0.6) is 0 Å². The smallest absolute Gasteiger partial charge is 0.0968 e. The lowest BCUT2D eigenvalue weighted by Gasteiger charge is -2.07. The van der Waals surface area contributed by atoms with Crippen molar-refractivity contribution in [3.63, 3.8) is 0 Å². The van der Waals surface area contributed by atoms with Crippen LogP contribution >= 0.6 is 12.4 Å². The fraction of sp³-hybridized carbons (Fsp3) is 0.833. The van der Waals surface area contributed by atoms with Gasteiger partial charge in [-0.3, -0.25) is 5.41 Å². The second-order valence-electron chi connectivity index (χ2n) is 2.55. The highest BCUT2D eigenvalue weighted by Gasteiger charge is 2.43. The summed E-state index contributed by atoms with van der Waals surface area (Å²) in [6.45, 7) is 2.09. The minimum absolute atomic E-state index is 0. The normalized spacial score (nSPS) is 20.1. The molecular formula is C6H13ClN2. The zero-order valence-corrected chi connectivity index (χ0v) is 6.42. The van der Waals surface area contributed by atoms with E-state index in [1.807, 2.05) is 0 Å². The largest absolute Gasteiger partial charge is 0.387 e. The molecule has 3 N–H and O–H groups in total. The van der Waals surface area contributed by atoms with Crippen molar-refractivity contribution in [2.75, 3.05) is 0 Å². The van der Waals surface area contributed by atoms with Gasteiger partial charge in [0, 0.05) is 5.41 Å². The van der Waals surface area contributed by atoms with Gasteiger partial charge >= 0.3 is 0 Å². The summed E-state index contributed by atoms with van der Waals surface area (Å²) in [5.41, 5.74) is 5.48. The van der Waals surface area contributed by atoms with Gasteiger partial charge in [0.15, 0.2) is 0 Å². The molecule has 0 aromatic carbocycles. The molecule has 0 radical (unpaired) electrons. The average Bonchev–Trinajstić information content (AvgIpc) is 2.44. The van der Waals surface area contributed by atoms with Gasteiger partial charge in [-0.05, 0) is 19.3 Å². The molecule has 3 heteroatoms. The molecule has 2 nitrogen and oxygen atoms in total. The zero-order chi connectivity index (χ0) is 6.20. The molecule has 1 rings (SSSR count). The molecule has 0 aromatic heterocycles. The first-order chi connectivity index (χ1) is 3.71. The van der Waals surface area contributed by atoms with Crippen LogP contribution in [0.2, 0.25) is 0 Å². The fourth-order valence-corrected chi connectivity index (χ4v) is 0.964. The monoisotopic (exact) mass is 148 g/mol. The van der Waals surface area contributed by atoms with Crippen LogP contribution in [0.3, 0.4) is 0 Å². The van der Waals surface area contributed by atoms with Crippen LogP contribution in [-0.4, -0.2) is 5.84 Å². The standard InChI is InChI=1S/C6H12N2.ClH/c1-2-6(3-4-6)5(7)8;/h2-4H2,1H3,(H3,7,8);1H. The van der Waals surface area contributed by atoms with Crippen LogP contribution < -0.4 is 5.73 Å². The van der Waals surface area contributed by atoms with Crippen molar-refractivity contribution in [2.45, 2.75) is 26.2 Å². The number of amidine groups is 1. The fourth-order valence-electron chi connectivity index (χ4n) is 0.964. The minimum atomic E-state index is 0. The van der Waals surface area contributed by atoms with E-state index in [0.29, 0.717) is 5.84 Å². The Hall–Kier alpha value is -0.240. The van der Waals surface area contributed by atoms with E-state index in [0.717, 1.165) is 19.3 Å². The lowest BCUT2D eigenvalue weighted by Crippen LogP contribution is -2.22. The van der Waals surface area contributed by atoms with Crippen LogP contribution in [0, 0.1) is 10.8 Å². The number of hydrogen-bond donors (Lipinski definition) is 2. The summed E-state index contributed by atoms with van der Waals surface area (Å²) < 4.78 is 0. The van der Waals surface area contributed by atoms with Crippen LogP contribution in [0.15, 0.2) is 0 Å². The number of halogens is 1. The summed E-state index contributed by atoms with van der Waals surface area (Å²) in [4.78, 5) is 0. The van der Waals surface area contributed by atoms with Gasteiger partial charge in [0.05, 0.1) is 5.84 Å². The van der Waals surface area contributed by atoms with Crippen molar-refractivity contribution in [1.29, 1.82) is 5.41 Å². The molecule has 0 saturated heterocycles. The highest BCUT2D eigenvalue weighted by molar-refractivity contribution is 5.86. The lowest BCUT2D eigenvalue weighted by atomic mass is 10.0. The van der Waals surface area contributed by atoms with E-state index in [-0.39, 0.29) is 17.8 Å². The third kappa shape index (κ3) is 1.36. The van der Waals surface area contributed by atoms with Gasteiger partial charge in [-0.25, -0.2) is 0 Å². The van der Waals surface area contributed by atoms with E-state index >= 15 is 0 Å². The topological polar surface area (TPSA) is 49.9 Å². The Kier molecular flexibility index (Phi) is 2.50. The van der Waals surface area contributed by atoms with Crippen molar-refractivity contribution in [2.24, 2.45) is 11.1 Å². The van der Waals surface area contributed by atoms with Gasteiger partial charge in [0.1, 0.15) is 0 Å². The second-order valence-corrected chi connectivity index (χ2v) is 2.55. The van der Waals surface area contributed by atoms with E-state index < -0.39 is 0 Å². The Bertz CT molecular complexity index is 118. The Morgan fingerprint density at radius 3 is 2.11 bits per heavy atom. The third-order valence-corrected chi connectivity index (χ3v) is 2.10. The average molecular weight is 149 g/mol. The summed E-state index contributed by atoms with van der Waals surface area (Å²) >= 11 is 0. The van der Waals surface area contributed by atoms with Crippen molar-refractivity contribution >= 4 is 18.2 Å². The molecule has 0 atom stereocenters. The summed E-state index contributed by atoms with van der Waals surface area (Å²) in [6, 6.07) is 0. The minimum Gasteiger partial charge on any atom is -0.387 e. The first-order valence-electron chi connectivity index (χ1n) is 3.06. The molecule has 1 saturated carbocycles. The maximum Gasteiger partial charge on any atom is 0.0968 e. The molecule has 1 fully saturated rings. The molecule has 54 valence electrons. The molecule has 0 aliphatic heterocycles. The third-order valence-electron chi connectivity index (χ3n) is 2.10. The predicted molar refractivity (Wildman–Crippen MR) is 41.1 cm³/mol. The maximum atomic E-state index is 7.14. The molecular weight excluding hydrogens is 136 g/mol. The van der Waals surface area contributed by atoms with Crippen molar-refractivity contribution < 1.29 is 0 Å². The van der Waals surface area contributed by atoms with E-state index in [2.05, 4.69) is 6.92 Å². The van der Waals surface area contributed by atoms with E-state index in [1.54, 1.807) is 0 Å². The molecule has 0 amide bonds. The van der Waals surface area contributed by atoms with Crippen molar-refractivity contribution in [1.82, 2.24) is 0 Å². The van der Waals surface area contributed by atoms with Gasteiger partial charge < -0.3 is 5.73 Å². The van der Waals surface area contributed by atoms with Crippen LogP contribution in [-0.2, 0) is 0 Å². The Morgan fingerprint density at radius 1 is 1.67 bits per heavy atom. The van der Waals surface area contributed by atoms with Gasteiger partial charge in [-0.1, -0.05) is 6.92 Å². The Morgan fingerprint density at radius 2 is 2.11 bits per heavy atom.